The third-order valence-electron chi connectivity index (χ3n) is 4.06. The van der Waals surface area contributed by atoms with Gasteiger partial charge in [0.2, 0.25) is 0 Å². The normalized spacial score (nSPS) is 14.5. The lowest BCUT2D eigenvalue weighted by atomic mass is 10.1. The third kappa shape index (κ3) is 3.19. The fourth-order valence-corrected chi connectivity index (χ4v) is 2.75. The van der Waals surface area contributed by atoms with Crippen LogP contribution in [0.5, 0.6) is 0 Å². The van der Waals surface area contributed by atoms with E-state index in [0.717, 1.165) is 49.1 Å². The van der Waals surface area contributed by atoms with Crippen LogP contribution in [0.1, 0.15) is 5.56 Å². The Balaban J connectivity index is 1.67. The highest BCUT2D eigenvalue weighted by Crippen LogP contribution is 2.22. The van der Waals surface area contributed by atoms with Gasteiger partial charge in [0.05, 0.1) is 11.3 Å². The SMILES string of the molecule is CN(C)c1ccc(N2CCN(c3ccccc3C#N)CC2)nn1. The van der Waals surface area contributed by atoms with E-state index < -0.39 is 0 Å². The summed E-state index contributed by atoms with van der Waals surface area (Å²) in [6.07, 6.45) is 0. The van der Waals surface area contributed by atoms with E-state index in [9.17, 15) is 5.26 Å². The molecule has 1 fully saturated rings. The lowest BCUT2D eigenvalue weighted by Gasteiger charge is -2.36. The minimum Gasteiger partial charge on any atom is -0.367 e. The largest absolute Gasteiger partial charge is 0.367 e. The van der Waals surface area contributed by atoms with Crippen LogP contribution in [0.4, 0.5) is 17.3 Å². The molecule has 1 aliphatic heterocycles. The number of hydrogen-bond acceptors (Lipinski definition) is 6. The second kappa shape index (κ2) is 6.53. The molecule has 1 aliphatic rings. The molecule has 1 saturated heterocycles. The number of para-hydroxylation sites is 1. The van der Waals surface area contributed by atoms with Crippen molar-refractivity contribution in [3.05, 3.63) is 42.0 Å². The first kappa shape index (κ1) is 15.1. The summed E-state index contributed by atoms with van der Waals surface area (Å²) in [6, 6.07) is 14.0. The van der Waals surface area contributed by atoms with Crippen LogP contribution in [0.3, 0.4) is 0 Å². The summed E-state index contributed by atoms with van der Waals surface area (Å²) >= 11 is 0. The summed E-state index contributed by atoms with van der Waals surface area (Å²) < 4.78 is 0. The molecule has 0 atom stereocenters. The maximum atomic E-state index is 9.24. The van der Waals surface area contributed by atoms with Gasteiger partial charge in [-0.25, -0.2) is 0 Å². The maximum absolute atomic E-state index is 9.24. The highest BCUT2D eigenvalue weighted by molar-refractivity contribution is 5.60. The Bertz CT molecular complexity index is 696. The summed E-state index contributed by atoms with van der Waals surface area (Å²) in [5.74, 6) is 1.76. The molecule has 23 heavy (non-hydrogen) atoms. The first-order valence-corrected chi connectivity index (χ1v) is 7.69. The Kier molecular flexibility index (Phi) is 4.29. The molecule has 6 heteroatoms. The summed E-state index contributed by atoms with van der Waals surface area (Å²) in [6.45, 7) is 3.48. The fraction of sp³-hybridized carbons (Fsp3) is 0.353. The first-order chi connectivity index (χ1) is 11.2. The zero-order valence-corrected chi connectivity index (χ0v) is 13.5. The van der Waals surface area contributed by atoms with Crippen molar-refractivity contribution in [1.82, 2.24) is 10.2 Å². The second-order valence-electron chi connectivity index (χ2n) is 5.75. The lowest BCUT2D eigenvalue weighted by Crippen LogP contribution is -2.47. The highest BCUT2D eigenvalue weighted by Gasteiger charge is 2.20. The van der Waals surface area contributed by atoms with Gasteiger partial charge in [-0.15, -0.1) is 10.2 Å². The van der Waals surface area contributed by atoms with Crippen molar-refractivity contribution in [2.45, 2.75) is 0 Å². The van der Waals surface area contributed by atoms with Gasteiger partial charge >= 0.3 is 0 Å². The number of rotatable bonds is 3. The van der Waals surface area contributed by atoms with Crippen LogP contribution in [-0.4, -0.2) is 50.5 Å². The van der Waals surface area contributed by atoms with Crippen molar-refractivity contribution < 1.29 is 0 Å². The van der Waals surface area contributed by atoms with Gasteiger partial charge < -0.3 is 14.7 Å². The fourth-order valence-electron chi connectivity index (χ4n) is 2.75. The standard InChI is InChI=1S/C17H20N6/c1-21(2)16-7-8-17(20-19-16)23-11-9-22(10-12-23)15-6-4-3-5-14(15)13-18/h3-8H,9-12H2,1-2H3. The molecular weight excluding hydrogens is 288 g/mol. The first-order valence-electron chi connectivity index (χ1n) is 7.69. The number of benzene rings is 1. The van der Waals surface area contributed by atoms with E-state index in [2.05, 4.69) is 26.1 Å². The van der Waals surface area contributed by atoms with Crippen molar-refractivity contribution in [1.29, 1.82) is 5.26 Å². The van der Waals surface area contributed by atoms with Crippen LogP contribution in [0.25, 0.3) is 0 Å². The molecule has 0 aliphatic carbocycles. The smallest absolute Gasteiger partial charge is 0.151 e. The Morgan fingerprint density at radius 3 is 2.26 bits per heavy atom. The van der Waals surface area contributed by atoms with Crippen LogP contribution < -0.4 is 14.7 Å². The maximum Gasteiger partial charge on any atom is 0.151 e. The van der Waals surface area contributed by atoms with Crippen molar-refractivity contribution in [2.24, 2.45) is 0 Å². The molecule has 2 aromatic rings. The van der Waals surface area contributed by atoms with Crippen molar-refractivity contribution >= 4 is 17.3 Å². The quantitative estimate of drug-likeness (QED) is 0.861. The lowest BCUT2D eigenvalue weighted by molar-refractivity contribution is 0.643. The molecular formula is C17H20N6. The summed E-state index contributed by atoms with van der Waals surface area (Å²) in [4.78, 5) is 6.43. The van der Waals surface area contributed by atoms with Gasteiger partial charge in [-0.05, 0) is 24.3 Å². The van der Waals surface area contributed by atoms with Crippen molar-refractivity contribution in [3.63, 3.8) is 0 Å². The number of nitriles is 1. The predicted octanol–water partition coefficient (Wildman–Crippen LogP) is 1.74. The predicted molar refractivity (Wildman–Crippen MR) is 91.9 cm³/mol. The van der Waals surface area contributed by atoms with Crippen LogP contribution in [0, 0.1) is 11.3 Å². The van der Waals surface area contributed by atoms with Gasteiger partial charge in [-0.3, -0.25) is 0 Å². The molecule has 0 bridgehead atoms. The molecule has 0 spiro atoms. The zero-order chi connectivity index (χ0) is 16.2. The van der Waals surface area contributed by atoms with E-state index in [4.69, 9.17) is 0 Å². The molecule has 0 amide bonds. The molecule has 118 valence electrons. The average molecular weight is 308 g/mol. The van der Waals surface area contributed by atoms with Crippen molar-refractivity contribution in [3.8, 4) is 6.07 Å². The van der Waals surface area contributed by atoms with Gasteiger partial charge in [-0.2, -0.15) is 5.26 Å². The summed E-state index contributed by atoms with van der Waals surface area (Å²) in [5, 5.41) is 17.8. The van der Waals surface area contributed by atoms with Crippen molar-refractivity contribution in [2.75, 3.05) is 55.0 Å². The zero-order valence-electron chi connectivity index (χ0n) is 13.5. The Labute approximate surface area is 136 Å². The molecule has 0 unspecified atom stereocenters. The summed E-state index contributed by atoms with van der Waals surface area (Å²) in [7, 11) is 3.91. The van der Waals surface area contributed by atoms with E-state index in [1.165, 1.54) is 0 Å². The number of hydrogen-bond donors (Lipinski definition) is 0. The molecule has 2 heterocycles. The minimum atomic E-state index is 0.732. The Morgan fingerprint density at radius 1 is 0.957 bits per heavy atom. The van der Waals surface area contributed by atoms with E-state index in [-0.39, 0.29) is 0 Å². The average Bonchev–Trinajstić information content (AvgIpc) is 2.62. The van der Waals surface area contributed by atoms with Gasteiger partial charge in [-0.1, -0.05) is 12.1 Å². The van der Waals surface area contributed by atoms with Gasteiger partial charge in [0.1, 0.15) is 6.07 Å². The second-order valence-corrected chi connectivity index (χ2v) is 5.75. The van der Waals surface area contributed by atoms with E-state index in [1.54, 1.807) is 0 Å². The van der Waals surface area contributed by atoms with E-state index >= 15 is 0 Å². The molecule has 0 N–H and O–H groups in total. The Morgan fingerprint density at radius 2 is 1.65 bits per heavy atom. The van der Waals surface area contributed by atoms with Gasteiger partial charge in [0, 0.05) is 40.3 Å². The minimum absolute atomic E-state index is 0.732. The number of piperazine rings is 1. The molecule has 0 saturated carbocycles. The number of aromatic nitrogens is 2. The van der Waals surface area contributed by atoms with Crippen LogP contribution in [0.15, 0.2) is 36.4 Å². The summed E-state index contributed by atoms with van der Waals surface area (Å²) in [5.41, 5.74) is 1.75. The molecule has 6 nitrogen and oxygen atoms in total. The molecule has 3 rings (SSSR count). The molecule has 1 aromatic carbocycles. The molecule has 1 aromatic heterocycles. The van der Waals surface area contributed by atoms with E-state index in [1.807, 2.05) is 55.4 Å². The van der Waals surface area contributed by atoms with Crippen LogP contribution in [-0.2, 0) is 0 Å². The number of anilines is 3. The molecule has 0 radical (unpaired) electrons. The van der Waals surface area contributed by atoms with Gasteiger partial charge in [0.15, 0.2) is 11.6 Å². The van der Waals surface area contributed by atoms with Gasteiger partial charge in [0.25, 0.3) is 0 Å². The number of nitrogens with zero attached hydrogens (tertiary/aromatic N) is 6. The van der Waals surface area contributed by atoms with E-state index in [0.29, 0.717) is 0 Å². The topological polar surface area (TPSA) is 59.3 Å². The Hall–Kier alpha value is -2.81. The highest BCUT2D eigenvalue weighted by atomic mass is 15.3. The van der Waals surface area contributed by atoms with Crippen LogP contribution >= 0.6 is 0 Å². The third-order valence-corrected chi connectivity index (χ3v) is 4.06. The van der Waals surface area contributed by atoms with Crippen LogP contribution in [0.2, 0.25) is 0 Å². The monoisotopic (exact) mass is 308 g/mol.